The number of ether oxygens (including phenoxy) is 2. The predicted molar refractivity (Wildman–Crippen MR) is 102 cm³/mol. The summed E-state index contributed by atoms with van der Waals surface area (Å²) in [7, 11) is 1.63. The smallest absolute Gasteiger partial charge is 0.334 e. The Balaban J connectivity index is 1.44. The van der Waals surface area contributed by atoms with Crippen LogP contribution in [-0.2, 0) is 22.6 Å². The van der Waals surface area contributed by atoms with Crippen molar-refractivity contribution in [3.8, 4) is 5.75 Å². The molecule has 0 fully saturated rings. The minimum atomic E-state index is -0.497. The lowest BCUT2D eigenvalue weighted by Crippen LogP contribution is -2.34. The summed E-state index contributed by atoms with van der Waals surface area (Å²) in [5, 5.41) is 0. The molecule has 2 aromatic rings. The van der Waals surface area contributed by atoms with Crippen molar-refractivity contribution in [2.24, 2.45) is 5.41 Å². The summed E-state index contributed by atoms with van der Waals surface area (Å²) >= 11 is 0. The summed E-state index contributed by atoms with van der Waals surface area (Å²) in [4.78, 5) is 25.6. The van der Waals surface area contributed by atoms with Crippen LogP contribution in [-0.4, -0.2) is 18.9 Å². The number of carbonyl (C=O) groups is 2. The number of Topliss-reactive ketones (excluding diaryl/α,β-unsaturated/α-hetero) is 1. The van der Waals surface area contributed by atoms with Gasteiger partial charge in [-0.25, -0.2) is 4.79 Å². The fraction of sp³-hybridized carbons (Fsp3) is 0.304. The first-order chi connectivity index (χ1) is 13.1. The van der Waals surface area contributed by atoms with Crippen molar-refractivity contribution in [1.82, 2.24) is 0 Å². The number of aryl methyl sites for hydroxylation is 1. The molecular formula is C23H22O4. The Labute approximate surface area is 158 Å². The number of benzene rings is 2. The monoisotopic (exact) mass is 362 g/mol. The van der Waals surface area contributed by atoms with E-state index in [0.717, 1.165) is 35.3 Å². The minimum absolute atomic E-state index is 0.133. The van der Waals surface area contributed by atoms with Gasteiger partial charge in [0.25, 0.3) is 0 Å². The molecule has 0 heterocycles. The first-order valence-electron chi connectivity index (χ1n) is 9.23. The molecule has 0 amide bonds. The Bertz CT molecular complexity index is 913. The van der Waals surface area contributed by atoms with Crippen LogP contribution in [0.5, 0.6) is 5.75 Å². The molecule has 138 valence electrons. The maximum absolute atomic E-state index is 13.2. The van der Waals surface area contributed by atoms with E-state index in [1.807, 2.05) is 54.6 Å². The molecule has 2 aromatic carbocycles. The molecule has 2 aliphatic rings. The molecule has 0 bridgehead atoms. The zero-order valence-corrected chi connectivity index (χ0v) is 15.4. The second-order valence-corrected chi connectivity index (χ2v) is 7.30. The molecule has 4 rings (SSSR count). The quantitative estimate of drug-likeness (QED) is 0.762. The average molecular weight is 362 g/mol. The van der Waals surface area contributed by atoms with Gasteiger partial charge in [0.05, 0.1) is 7.11 Å². The Hall–Kier alpha value is -2.88. The van der Waals surface area contributed by atoms with Crippen molar-refractivity contribution in [2.75, 3.05) is 7.11 Å². The van der Waals surface area contributed by atoms with Gasteiger partial charge in [-0.15, -0.1) is 0 Å². The van der Waals surface area contributed by atoms with Crippen molar-refractivity contribution >= 4 is 11.8 Å². The molecule has 1 spiro atoms. The van der Waals surface area contributed by atoms with Gasteiger partial charge in [0.2, 0.25) is 0 Å². The standard InChI is InChI=1S/C23H22O4/c1-26-19-7-8-20-17(13-19)9-11-23(21(20)24)12-10-18(14-23)22(25)27-15-16-5-3-2-4-6-16/h2-8,10,13H,9,11-12,14-15H2,1H3/t23-/m0/s1. The van der Waals surface area contributed by atoms with Gasteiger partial charge in [0.1, 0.15) is 12.4 Å². The highest BCUT2D eigenvalue weighted by molar-refractivity contribution is 6.05. The molecule has 4 heteroatoms. The summed E-state index contributed by atoms with van der Waals surface area (Å²) in [6.07, 6.45) is 4.52. The lowest BCUT2D eigenvalue weighted by molar-refractivity contribution is -0.140. The number of fused-ring (bicyclic) bond motifs is 1. The van der Waals surface area contributed by atoms with Gasteiger partial charge in [0.15, 0.2) is 5.78 Å². The van der Waals surface area contributed by atoms with Crippen molar-refractivity contribution < 1.29 is 19.1 Å². The van der Waals surface area contributed by atoms with E-state index in [2.05, 4.69) is 0 Å². The third-order valence-electron chi connectivity index (χ3n) is 5.65. The van der Waals surface area contributed by atoms with Gasteiger partial charge in [-0.1, -0.05) is 36.4 Å². The van der Waals surface area contributed by atoms with Gasteiger partial charge in [-0.05, 0) is 55.0 Å². The Morgan fingerprint density at radius 3 is 2.74 bits per heavy atom. The normalized spacial score (nSPS) is 20.9. The summed E-state index contributed by atoms with van der Waals surface area (Å²) in [5.41, 5.74) is 2.87. The molecule has 0 saturated heterocycles. The Kier molecular flexibility index (Phi) is 4.56. The van der Waals surface area contributed by atoms with Crippen LogP contribution >= 0.6 is 0 Å². The highest BCUT2D eigenvalue weighted by Gasteiger charge is 2.46. The lowest BCUT2D eigenvalue weighted by atomic mass is 9.68. The van der Waals surface area contributed by atoms with E-state index < -0.39 is 5.41 Å². The van der Waals surface area contributed by atoms with Crippen LogP contribution in [0.15, 0.2) is 60.2 Å². The van der Waals surface area contributed by atoms with Gasteiger partial charge < -0.3 is 9.47 Å². The maximum Gasteiger partial charge on any atom is 0.334 e. The van der Waals surface area contributed by atoms with Gasteiger partial charge in [-0.3, -0.25) is 4.79 Å². The first kappa shape index (κ1) is 17.5. The molecule has 0 N–H and O–H groups in total. The van der Waals surface area contributed by atoms with Crippen LogP contribution < -0.4 is 4.74 Å². The molecule has 0 unspecified atom stereocenters. The van der Waals surface area contributed by atoms with Crippen molar-refractivity contribution in [3.63, 3.8) is 0 Å². The summed E-state index contributed by atoms with van der Waals surface area (Å²) in [5.74, 6) is 0.588. The second kappa shape index (κ2) is 7.03. The molecule has 4 nitrogen and oxygen atoms in total. The predicted octanol–water partition coefficient (Wildman–Crippen LogP) is 4.27. The van der Waals surface area contributed by atoms with Crippen molar-refractivity contribution in [1.29, 1.82) is 0 Å². The summed E-state index contributed by atoms with van der Waals surface area (Å²) in [6.45, 7) is 0.251. The topological polar surface area (TPSA) is 52.6 Å². The van der Waals surface area contributed by atoms with E-state index >= 15 is 0 Å². The maximum atomic E-state index is 13.2. The van der Waals surface area contributed by atoms with E-state index in [4.69, 9.17) is 9.47 Å². The largest absolute Gasteiger partial charge is 0.497 e. The highest BCUT2D eigenvalue weighted by atomic mass is 16.5. The molecule has 27 heavy (non-hydrogen) atoms. The fourth-order valence-electron chi connectivity index (χ4n) is 4.06. The van der Waals surface area contributed by atoms with Gasteiger partial charge >= 0.3 is 5.97 Å². The zero-order valence-electron chi connectivity index (χ0n) is 15.4. The highest BCUT2D eigenvalue weighted by Crippen LogP contribution is 2.47. The number of allylic oxidation sites excluding steroid dienone is 1. The van der Waals surface area contributed by atoms with Gasteiger partial charge in [0, 0.05) is 16.6 Å². The van der Waals surface area contributed by atoms with Crippen LogP contribution in [0.2, 0.25) is 0 Å². The number of hydrogen-bond donors (Lipinski definition) is 0. The SMILES string of the molecule is COc1ccc2c(c1)CC[C@@]1(CC=C(C(=O)OCc3ccccc3)C1)C2=O. The molecule has 2 aliphatic carbocycles. The lowest BCUT2D eigenvalue weighted by Gasteiger charge is -2.33. The van der Waals surface area contributed by atoms with Crippen LogP contribution in [0, 0.1) is 5.41 Å². The molecular weight excluding hydrogens is 340 g/mol. The summed E-state index contributed by atoms with van der Waals surface area (Å²) < 4.78 is 10.7. The second-order valence-electron chi connectivity index (χ2n) is 7.30. The van der Waals surface area contributed by atoms with E-state index in [1.165, 1.54) is 0 Å². The van der Waals surface area contributed by atoms with Crippen LogP contribution in [0.3, 0.4) is 0 Å². The molecule has 0 radical (unpaired) electrons. The number of hydrogen-bond acceptors (Lipinski definition) is 4. The van der Waals surface area contributed by atoms with Crippen molar-refractivity contribution in [2.45, 2.75) is 32.3 Å². The third-order valence-corrected chi connectivity index (χ3v) is 5.65. The number of esters is 1. The summed E-state index contributed by atoms with van der Waals surface area (Å²) in [6, 6.07) is 15.2. The minimum Gasteiger partial charge on any atom is -0.497 e. The van der Waals surface area contributed by atoms with E-state index in [0.29, 0.717) is 18.4 Å². The van der Waals surface area contributed by atoms with E-state index in [9.17, 15) is 9.59 Å². The van der Waals surface area contributed by atoms with Crippen LogP contribution in [0.25, 0.3) is 0 Å². The van der Waals surface area contributed by atoms with Crippen LogP contribution in [0.1, 0.15) is 40.7 Å². The Morgan fingerprint density at radius 1 is 1.15 bits per heavy atom. The number of carbonyl (C=O) groups excluding carboxylic acids is 2. The fourth-order valence-corrected chi connectivity index (χ4v) is 4.06. The Morgan fingerprint density at radius 2 is 1.96 bits per heavy atom. The number of ketones is 1. The van der Waals surface area contributed by atoms with E-state index in [-0.39, 0.29) is 18.4 Å². The van der Waals surface area contributed by atoms with E-state index in [1.54, 1.807) is 7.11 Å². The number of rotatable bonds is 4. The number of methoxy groups -OCH3 is 1. The first-order valence-corrected chi connectivity index (χ1v) is 9.23. The molecule has 1 atom stereocenters. The zero-order chi connectivity index (χ0) is 18.9. The van der Waals surface area contributed by atoms with Crippen LogP contribution in [0.4, 0.5) is 0 Å². The third kappa shape index (κ3) is 3.27. The van der Waals surface area contributed by atoms with Crippen molar-refractivity contribution in [3.05, 3.63) is 76.9 Å². The van der Waals surface area contributed by atoms with Gasteiger partial charge in [-0.2, -0.15) is 0 Å². The molecule has 0 aromatic heterocycles. The molecule has 0 saturated carbocycles. The average Bonchev–Trinajstić information content (AvgIpc) is 3.15. The molecule has 0 aliphatic heterocycles.